The van der Waals surface area contributed by atoms with Crippen molar-refractivity contribution in [2.45, 2.75) is 31.4 Å². The number of benzene rings is 2. The number of aliphatic carboxylic acids is 1. The molecule has 0 bridgehead atoms. The first-order chi connectivity index (χ1) is 14.7. The molecule has 0 saturated heterocycles. The van der Waals surface area contributed by atoms with E-state index in [-0.39, 0.29) is 17.8 Å². The Hall–Kier alpha value is -3.34. The molecule has 30 heavy (non-hydrogen) atoms. The molecule has 2 heterocycles. The maximum Gasteiger partial charge on any atom is 0.307 e. The molecule has 0 amide bonds. The summed E-state index contributed by atoms with van der Waals surface area (Å²) in [5.41, 5.74) is 7.19. The lowest BCUT2D eigenvalue weighted by Crippen LogP contribution is -2.06. The minimum Gasteiger partial charge on any atom is -0.481 e. The van der Waals surface area contributed by atoms with Gasteiger partial charge < -0.3 is 15.2 Å². The van der Waals surface area contributed by atoms with E-state index in [1.807, 2.05) is 18.3 Å². The van der Waals surface area contributed by atoms with Crippen molar-refractivity contribution in [1.29, 1.82) is 0 Å². The quantitative estimate of drug-likeness (QED) is 0.669. The molecule has 4 atom stereocenters. The topological polar surface area (TPSA) is 71.5 Å². The first kappa shape index (κ1) is 17.5. The van der Waals surface area contributed by atoms with Gasteiger partial charge in [-0.15, -0.1) is 0 Å². The summed E-state index contributed by atoms with van der Waals surface area (Å²) in [5.74, 6) is 0.104. The second-order valence-electron chi connectivity index (χ2n) is 8.57. The maximum absolute atomic E-state index is 11.2. The highest BCUT2D eigenvalue weighted by atomic mass is 16.5. The van der Waals surface area contributed by atoms with Crippen molar-refractivity contribution in [3.8, 4) is 5.88 Å². The van der Waals surface area contributed by atoms with Crippen LogP contribution >= 0.6 is 0 Å². The molecule has 1 aromatic heterocycles. The minimum atomic E-state index is -0.685. The molecule has 2 aliphatic carbocycles. The van der Waals surface area contributed by atoms with E-state index < -0.39 is 5.97 Å². The zero-order valence-electron chi connectivity index (χ0n) is 16.4. The summed E-state index contributed by atoms with van der Waals surface area (Å²) in [6.07, 6.45) is 3.62. The zero-order chi connectivity index (χ0) is 20.2. The Morgan fingerprint density at radius 3 is 2.80 bits per heavy atom. The van der Waals surface area contributed by atoms with Crippen LogP contribution in [0.1, 0.15) is 39.8 Å². The lowest BCUT2D eigenvalue weighted by Gasteiger charge is -2.12. The molecule has 3 aliphatic rings. The maximum atomic E-state index is 11.2. The fourth-order valence-electron chi connectivity index (χ4n) is 5.21. The number of hydrogen-bond acceptors (Lipinski definition) is 4. The summed E-state index contributed by atoms with van der Waals surface area (Å²) in [6.45, 7) is 0.460. The molecule has 150 valence electrons. The third kappa shape index (κ3) is 2.84. The summed E-state index contributed by atoms with van der Waals surface area (Å²) in [6, 6.07) is 19.3. The Morgan fingerprint density at radius 2 is 1.97 bits per heavy atom. The molecule has 0 radical (unpaired) electrons. The van der Waals surface area contributed by atoms with Gasteiger partial charge in [0, 0.05) is 23.9 Å². The Labute approximate surface area is 174 Å². The Balaban J connectivity index is 1.12. The summed E-state index contributed by atoms with van der Waals surface area (Å²) >= 11 is 0. The van der Waals surface area contributed by atoms with Gasteiger partial charge in [-0.3, -0.25) is 4.79 Å². The van der Waals surface area contributed by atoms with E-state index in [1.54, 1.807) is 0 Å². The van der Waals surface area contributed by atoms with Crippen molar-refractivity contribution in [1.82, 2.24) is 4.98 Å². The van der Waals surface area contributed by atoms with Gasteiger partial charge in [-0.05, 0) is 52.6 Å². The number of rotatable bonds is 5. The van der Waals surface area contributed by atoms with Gasteiger partial charge >= 0.3 is 5.97 Å². The highest BCUT2D eigenvalue weighted by Gasteiger charge is 2.59. The molecule has 1 unspecified atom stereocenters. The van der Waals surface area contributed by atoms with Crippen LogP contribution in [0.4, 0.5) is 5.69 Å². The number of anilines is 1. The number of pyridine rings is 1. The van der Waals surface area contributed by atoms with Crippen molar-refractivity contribution in [2.24, 2.45) is 11.8 Å². The van der Waals surface area contributed by atoms with Crippen LogP contribution in [0.15, 0.2) is 60.8 Å². The molecular weight excluding hydrogens is 376 g/mol. The molecule has 6 rings (SSSR count). The summed E-state index contributed by atoms with van der Waals surface area (Å²) in [4.78, 5) is 15.7. The second kappa shape index (κ2) is 6.59. The Bertz CT molecular complexity index is 1140. The van der Waals surface area contributed by atoms with Gasteiger partial charge in [0.2, 0.25) is 5.88 Å². The van der Waals surface area contributed by atoms with Crippen molar-refractivity contribution in [2.75, 3.05) is 5.32 Å². The van der Waals surface area contributed by atoms with Gasteiger partial charge in [0.05, 0.1) is 12.0 Å². The van der Waals surface area contributed by atoms with Crippen LogP contribution in [0.2, 0.25) is 0 Å². The molecule has 5 nitrogen and oxygen atoms in total. The van der Waals surface area contributed by atoms with Gasteiger partial charge in [-0.2, -0.15) is 0 Å². The lowest BCUT2D eigenvalue weighted by molar-refractivity contribution is -0.139. The van der Waals surface area contributed by atoms with Gasteiger partial charge in [0.1, 0.15) is 6.61 Å². The largest absolute Gasteiger partial charge is 0.481 e. The monoisotopic (exact) mass is 398 g/mol. The van der Waals surface area contributed by atoms with Crippen molar-refractivity contribution < 1.29 is 14.6 Å². The molecule has 1 aliphatic heterocycles. The Morgan fingerprint density at radius 1 is 1.10 bits per heavy atom. The molecule has 2 aromatic carbocycles. The second-order valence-corrected chi connectivity index (χ2v) is 8.57. The molecule has 1 fully saturated rings. The molecule has 5 heteroatoms. The zero-order valence-corrected chi connectivity index (χ0v) is 16.4. The molecule has 1 saturated carbocycles. The third-order valence-corrected chi connectivity index (χ3v) is 6.78. The first-order valence-corrected chi connectivity index (χ1v) is 10.4. The van der Waals surface area contributed by atoms with Crippen molar-refractivity contribution >= 4 is 11.7 Å². The fourth-order valence-corrected chi connectivity index (χ4v) is 5.21. The lowest BCUT2D eigenvalue weighted by atomic mass is 10.0. The van der Waals surface area contributed by atoms with Gasteiger partial charge in [0.15, 0.2) is 0 Å². The highest BCUT2D eigenvalue weighted by Crippen LogP contribution is 2.61. The molecular formula is C25H22N2O3. The average molecular weight is 398 g/mol. The van der Waals surface area contributed by atoms with E-state index >= 15 is 0 Å². The van der Waals surface area contributed by atoms with E-state index in [4.69, 9.17) is 4.74 Å². The SMILES string of the molecule is O=C(O)[C@H]1[C@@H]2Cc3cc(OCc4ccc5c(c4)NC(c4ccccc4)C5)ncc3[C@@H]21. The van der Waals surface area contributed by atoms with Gasteiger partial charge in [-0.1, -0.05) is 42.5 Å². The number of aromatic nitrogens is 1. The standard InChI is InChI=1S/C25H22N2O3/c28-25(29)24-18-9-17-11-22(26-12-19(17)23(18)24)30-13-14-6-7-16-10-21(27-20(16)8-14)15-4-2-1-3-5-15/h1-8,11-12,18,21,23-24,27H,9-10,13H2,(H,28,29)/t18-,21?,23-,24+/m1/s1. The summed E-state index contributed by atoms with van der Waals surface area (Å²) in [7, 11) is 0. The van der Waals surface area contributed by atoms with E-state index in [0.29, 0.717) is 18.5 Å². The van der Waals surface area contributed by atoms with Crippen LogP contribution in [0, 0.1) is 11.8 Å². The van der Waals surface area contributed by atoms with E-state index in [2.05, 4.69) is 52.8 Å². The van der Waals surface area contributed by atoms with E-state index in [9.17, 15) is 9.90 Å². The number of carbonyl (C=O) groups is 1. The highest BCUT2D eigenvalue weighted by molar-refractivity contribution is 5.77. The number of nitrogens with zero attached hydrogens (tertiary/aromatic N) is 1. The number of nitrogens with one attached hydrogen (secondary N) is 1. The fraction of sp³-hybridized carbons (Fsp3) is 0.280. The van der Waals surface area contributed by atoms with Crippen molar-refractivity contribution in [3.63, 3.8) is 0 Å². The number of hydrogen-bond donors (Lipinski definition) is 2. The first-order valence-electron chi connectivity index (χ1n) is 10.4. The Kier molecular flexibility index (Phi) is 3.85. The predicted octanol–water partition coefficient (Wildman–Crippen LogP) is 4.34. The molecule has 0 spiro atoms. The normalized spacial score (nSPS) is 25.1. The van der Waals surface area contributed by atoms with Crippen LogP contribution in [0.25, 0.3) is 0 Å². The smallest absolute Gasteiger partial charge is 0.307 e. The predicted molar refractivity (Wildman–Crippen MR) is 113 cm³/mol. The van der Waals surface area contributed by atoms with Crippen LogP contribution in [-0.2, 0) is 24.2 Å². The number of carboxylic acids is 1. The van der Waals surface area contributed by atoms with E-state index in [1.165, 1.54) is 22.4 Å². The molecule has 2 N–H and O–H groups in total. The van der Waals surface area contributed by atoms with Crippen molar-refractivity contribution in [3.05, 3.63) is 88.6 Å². The summed E-state index contributed by atoms with van der Waals surface area (Å²) < 4.78 is 5.96. The summed E-state index contributed by atoms with van der Waals surface area (Å²) in [5, 5.41) is 12.9. The molecule has 3 aromatic rings. The number of carboxylic acid groups (broad SMARTS) is 1. The van der Waals surface area contributed by atoms with Crippen LogP contribution in [0.5, 0.6) is 5.88 Å². The van der Waals surface area contributed by atoms with Gasteiger partial charge in [-0.25, -0.2) is 4.98 Å². The average Bonchev–Trinajstić information content (AvgIpc) is 3.14. The van der Waals surface area contributed by atoms with Gasteiger partial charge in [0.25, 0.3) is 0 Å². The minimum absolute atomic E-state index is 0.152. The third-order valence-electron chi connectivity index (χ3n) is 6.78. The number of ether oxygens (including phenoxy) is 1. The van der Waals surface area contributed by atoms with Crippen LogP contribution in [-0.4, -0.2) is 16.1 Å². The van der Waals surface area contributed by atoms with E-state index in [0.717, 1.165) is 24.0 Å². The number of fused-ring (bicyclic) bond motifs is 4. The van der Waals surface area contributed by atoms with Crippen LogP contribution < -0.4 is 10.1 Å². The van der Waals surface area contributed by atoms with Crippen LogP contribution in [0.3, 0.4) is 0 Å².